The SMILES string of the molecule is CCC(C)N(CC(C)C(C)CN(C)C(=O)OC(C)(C)C)C(=O)c1cc(Br)cnc1Cl. The molecule has 3 unspecified atom stereocenters. The minimum Gasteiger partial charge on any atom is -0.444 e. The van der Waals surface area contributed by atoms with Gasteiger partial charge in [-0.15, -0.1) is 0 Å². The van der Waals surface area contributed by atoms with Crippen molar-refractivity contribution in [1.29, 1.82) is 0 Å². The molecule has 1 heterocycles. The van der Waals surface area contributed by atoms with Gasteiger partial charge in [-0.2, -0.15) is 0 Å². The molecule has 0 aromatic carbocycles. The molecule has 0 saturated carbocycles. The molecule has 0 saturated heterocycles. The Bertz CT molecular complexity index is 739. The zero-order valence-corrected chi connectivity index (χ0v) is 21.7. The number of ether oxygens (including phenoxy) is 1. The number of nitrogens with zero attached hydrogens (tertiary/aromatic N) is 3. The Hall–Kier alpha value is -1.34. The van der Waals surface area contributed by atoms with Gasteiger partial charge in [-0.05, 0) is 67.9 Å². The van der Waals surface area contributed by atoms with Gasteiger partial charge in [0, 0.05) is 36.8 Å². The van der Waals surface area contributed by atoms with Crippen LogP contribution in [0.4, 0.5) is 4.79 Å². The van der Waals surface area contributed by atoms with Crippen LogP contribution >= 0.6 is 27.5 Å². The molecule has 1 rings (SSSR count). The number of amides is 2. The van der Waals surface area contributed by atoms with Gasteiger partial charge in [0.2, 0.25) is 0 Å². The molecule has 1 aromatic rings. The summed E-state index contributed by atoms with van der Waals surface area (Å²) >= 11 is 9.56. The molecule has 170 valence electrons. The fourth-order valence-corrected chi connectivity index (χ4v) is 3.44. The fraction of sp³-hybridized carbons (Fsp3) is 0.682. The van der Waals surface area contributed by atoms with Crippen molar-refractivity contribution in [1.82, 2.24) is 14.8 Å². The largest absolute Gasteiger partial charge is 0.444 e. The van der Waals surface area contributed by atoms with Crippen molar-refractivity contribution in [3.8, 4) is 0 Å². The van der Waals surface area contributed by atoms with Crippen molar-refractivity contribution in [2.45, 2.75) is 66.5 Å². The minimum atomic E-state index is -0.531. The smallest absolute Gasteiger partial charge is 0.410 e. The molecule has 0 aliphatic rings. The number of halogens is 2. The van der Waals surface area contributed by atoms with Crippen molar-refractivity contribution >= 4 is 39.5 Å². The van der Waals surface area contributed by atoms with E-state index in [2.05, 4.69) is 41.7 Å². The van der Waals surface area contributed by atoms with Crippen LogP contribution in [0, 0.1) is 11.8 Å². The van der Waals surface area contributed by atoms with E-state index in [9.17, 15) is 9.59 Å². The summed E-state index contributed by atoms with van der Waals surface area (Å²) in [6.07, 6.45) is 2.05. The molecule has 30 heavy (non-hydrogen) atoms. The van der Waals surface area contributed by atoms with Crippen molar-refractivity contribution in [3.05, 3.63) is 27.5 Å². The average molecular weight is 505 g/mol. The van der Waals surface area contributed by atoms with Gasteiger partial charge >= 0.3 is 6.09 Å². The Kier molecular flexibility index (Phi) is 10.1. The summed E-state index contributed by atoms with van der Waals surface area (Å²) in [7, 11) is 1.74. The van der Waals surface area contributed by atoms with Crippen LogP contribution in [-0.4, -0.2) is 58.6 Å². The Balaban J connectivity index is 2.90. The van der Waals surface area contributed by atoms with Crippen LogP contribution in [0.3, 0.4) is 0 Å². The van der Waals surface area contributed by atoms with E-state index >= 15 is 0 Å². The Morgan fingerprint density at radius 3 is 2.30 bits per heavy atom. The van der Waals surface area contributed by atoms with E-state index in [1.807, 2.05) is 32.6 Å². The van der Waals surface area contributed by atoms with Gasteiger partial charge in [-0.3, -0.25) is 4.79 Å². The third-order valence-electron chi connectivity index (χ3n) is 5.14. The molecule has 0 fully saturated rings. The standard InChI is InChI=1S/C22H35BrClN3O3/c1-9-16(4)27(20(28)18-10-17(23)11-25-19(18)24)13-15(3)14(2)12-26(8)21(29)30-22(5,6)7/h10-11,14-16H,9,12-13H2,1-8H3. The lowest BCUT2D eigenvalue weighted by Gasteiger charge is -2.34. The normalized spacial score (nSPS) is 14.6. The lowest BCUT2D eigenvalue weighted by Crippen LogP contribution is -2.44. The molecule has 2 amide bonds. The lowest BCUT2D eigenvalue weighted by molar-refractivity contribution is 0.0250. The third kappa shape index (κ3) is 8.06. The van der Waals surface area contributed by atoms with E-state index in [1.54, 1.807) is 24.2 Å². The molecule has 0 bridgehead atoms. The molecular formula is C22H35BrClN3O3. The van der Waals surface area contributed by atoms with E-state index in [0.29, 0.717) is 23.1 Å². The van der Waals surface area contributed by atoms with Crippen molar-refractivity contribution < 1.29 is 14.3 Å². The highest BCUT2D eigenvalue weighted by atomic mass is 79.9. The molecule has 1 aromatic heterocycles. The van der Waals surface area contributed by atoms with E-state index in [1.165, 1.54) is 0 Å². The van der Waals surface area contributed by atoms with Crippen LogP contribution in [0.2, 0.25) is 5.15 Å². The molecule has 3 atom stereocenters. The summed E-state index contributed by atoms with van der Waals surface area (Å²) in [6, 6.07) is 1.75. The monoisotopic (exact) mass is 503 g/mol. The Morgan fingerprint density at radius 2 is 1.77 bits per heavy atom. The van der Waals surface area contributed by atoms with Crippen molar-refractivity contribution in [2.24, 2.45) is 11.8 Å². The van der Waals surface area contributed by atoms with Crippen LogP contribution in [-0.2, 0) is 4.74 Å². The molecule has 0 spiro atoms. The lowest BCUT2D eigenvalue weighted by atomic mass is 9.94. The number of carbonyl (C=O) groups is 2. The van der Waals surface area contributed by atoms with Crippen LogP contribution in [0.25, 0.3) is 0 Å². The maximum Gasteiger partial charge on any atom is 0.410 e. The molecule has 0 aliphatic heterocycles. The number of carbonyl (C=O) groups excluding carboxylic acids is 2. The second-order valence-electron chi connectivity index (χ2n) is 9.02. The predicted octanol–water partition coefficient (Wildman–Crippen LogP) is 5.88. The highest BCUT2D eigenvalue weighted by Gasteiger charge is 2.28. The summed E-state index contributed by atoms with van der Waals surface area (Å²) < 4.78 is 6.14. The number of aromatic nitrogens is 1. The summed E-state index contributed by atoms with van der Waals surface area (Å²) in [5.41, 5.74) is -0.144. The van der Waals surface area contributed by atoms with E-state index < -0.39 is 5.60 Å². The van der Waals surface area contributed by atoms with E-state index in [0.717, 1.165) is 6.42 Å². The van der Waals surface area contributed by atoms with Crippen LogP contribution < -0.4 is 0 Å². The first-order chi connectivity index (χ1) is 13.8. The molecular weight excluding hydrogens is 470 g/mol. The summed E-state index contributed by atoms with van der Waals surface area (Å²) in [5, 5.41) is 0.196. The zero-order valence-electron chi connectivity index (χ0n) is 19.3. The first-order valence-electron chi connectivity index (χ1n) is 10.3. The van der Waals surface area contributed by atoms with Crippen LogP contribution in [0.1, 0.15) is 65.2 Å². The van der Waals surface area contributed by atoms with E-state index in [4.69, 9.17) is 16.3 Å². The van der Waals surface area contributed by atoms with Crippen LogP contribution in [0.5, 0.6) is 0 Å². The van der Waals surface area contributed by atoms with Gasteiger partial charge in [0.25, 0.3) is 5.91 Å². The number of rotatable bonds is 8. The van der Waals surface area contributed by atoms with Crippen molar-refractivity contribution in [3.63, 3.8) is 0 Å². The molecule has 8 heteroatoms. The Labute approximate surface area is 194 Å². The number of hydrogen-bond acceptors (Lipinski definition) is 4. The Morgan fingerprint density at radius 1 is 1.20 bits per heavy atom. The van der Waals surface area contributed by atoms with Gasteiger partial charge in [0.05, 0.1) is 5.56 Å². The maximum absolute atomic E-state index is 13.3. The predicted molar refractivity (Wildman–Crippen MR) is 125 cm³/mol. The quantitative estimate of drug-likeness (QED) is 0.415. The fourth-order valence-electron chi connectivity index (χ4n) is 2.93. The summed E-state index contributed by atoms with van der Waals surface area (Å²) in [4.78, 5) is 33.1. The van der Waals surface area contributed by atoms with E-state index in [-0.39, 0.29) is 35.0 Å². The first-order valence-corrected chi connectivity index (χ1v) is 11.5. The van der Waals surface area contributed by atoms with Gasteiger partial charge in [-0.1, -0.05) is 32.4 Å². The first kappa shape index (κ1) is 26.7. The molecule has 0 N–H and O–H groups in total. The molecule has 0 aliphatic carbocycles. The highest BCUT2D eigenvalue weighted by molar-refractivity contribution is 9.10. The zero-order chi connectivity index (χ0) is 23.2. The van der Waals surface area contributed by atoms with Crippen LogP contribution in [0.15, 0.2) is 16.7 Å². The molecule has 6 nitrogen and oxygen atoms in total. The van der Waals surface area contributed by atoms with Gasteiger partial charge in [0.15, 0.2) is 0 Å². The third-order valence-corrected chi connectivity index (χ3v) is 5.88. The number of pyridine rings is 1. The van der Waals surface area contributed by atoms with Gasteiger partial charge in [0.1, 0.15) is 10.8 Å². The molecule has 0 radical (unpaired) electrons. The van der Waals surface area contributed by atoms with Gasteiger partial charge < -0.3 is 14.5 Å². The summed E-state index contributed by atoms with van der Waals surface area (Å²) in [5.74, 6) is 0.187. The average Bonchev–Trinajstić information content (AvgIpc) is 2.65. The topological polar surface area (TPSA) is 62.7 Å². The highest BCUT2D eigenvalue weighted by Crippen LogP contribution is 2.24. The second kappa shape index (κ2) is 11.3. The van der Waals surface area contributed by atoms with Crippen molar-refractivity contribution in [2.75, 3.05) is 20.1 Å². The summed E-state index contributed by atoms with van der Waals surface area (Å²) in [6.45, 7) is 14.9. The van der Waals surface area contributed by atoms with Gasteiger partial charge in [-0.25, -0.2) is 9.78 Å². The number of hydrogen-bond donors (Lipinski definition) is 0. The minimum absolute atomic E-state index is 0.0470. The maximum atomic E-state index is 13.3. The second-order valence-corrected chi connectivity index (χ2v) is 10.3.